The first kappa shape index (κ1) is 16.9. The van der Waals surface area contributed by atoms with Crippen LogP contribution in [0.1, 0.15) is 44.1 Å². The van der Waals surface area contributed by atoms with E-state index in [4.69, 9.17) is 5.11 Å². The summed E-state index contributed by atoms with van der Waals surface area (Å²) in [5.41, 5.74) is -0.00911. The quantitative estimate of drug-likeness (QED) is 0.868. The van der Waals surface area contributed by atoms with Crippen molar-refractivity contribution in [3.8, 4) is 0 Å². The molecule has 0 spiro atoms. The number of carboxylic acid groups (broad SMARTS) is 1. The van der Waals surface area contributed by atoms with Crippen LogP contribution < -0.4 is 5.32 Å². The second-order valence-electron chi connectivity index (χ2n) is 7.02. The van der Waals surface area contributed by atoms with E-state index in [-0.39, 0.29) is 11.8 Å². The summed E-state index contributed by atoms with van der Waals surface area (Å²) in [6, 6.07) is 3.56. The molecular formula is C18H21F2NO3. The minimum atomic E-state index is -0.848. The van der Waals surface area contributed by atoms with Gasteiger partial charge in [-0.05, 0) is 43.7 Å². The molecule has 0 heterocycles. The maximum Gasteiger partial charge on any atom is 0.306 e. The maximum absolute atomic E-state index is 14.0. The first-order valence-corrected chi connectivity index (χ1v) is 8.37. The molecule has 2 fully saturated rings. The lowest BCUT2D eigenvalue weighted by atomic mass is 9.81. The van der Waals surface area contributed by atoms with Crippen LogP contribution in [0.15, 0.2) is 18.2 Å². The van der Waals surface area contributed by atoms with E-state index >= 15 is 0 Å². The van der Waals surface area contributed by atoms with Gasteiger partial charge in [0.25, 0.3) is 0 Å². The Hall–Kier alpha value is -1.98. The van der Waals surface area contributed by atoms with Gasteiger partial charge in [-0.3, -0.25) is 9.59 Å². The van der Waals surface area contributed by atoms with E-state index in [0.717, 1.165) is 25.3 Å². The summed E-state index contributed by atoms with van der Waals surface area (Å²) in [7, 11) is 0. The molecule has 1 aromatic carbocycles. The number of benzene rings is 1. The number of carbonyl (C=O) groups excluding carboxylic acids is 1. The predicted molar refractivity (Wildman–Crippen MR) is 83.4 cm³/mol. The first-order valence-electron chi connectivity index (χ1n) is 8.37. The van der Waals surface area contributed by atoms with Crippen molar-refractivity contribution in [3.63, 3.8) is 0 Å². The molecule has 0 radical (unpaired) electrons. The highest BCUT2D eigenvalue weighted by Crippen LogP contribution is 2.48. The van der Waals surface area contributed by atoms with E-state index in [1.165, 1.54) is 12.1 Å². The number of nitrogens with one attached hydrogen (secondary N) is 1. The van der Waals surface area contributed by atoms with Crippen molar-refractivity contribution in [2.45, 2.75) is 43.9 Å². The topological polar surface area (TPSA) is 66.4 Å². The Balaban J connectivity index is 1.61. The average Bonchev–Trinajstić information content (AvgIpc) is 3.33. The van der Waals surface area contributed by atoms with Crippen molar-refractivity contribution < 1.29 is 23.5 Å². The van der Waals surface area contributed by atoms with Crippen molar-refractivity contribution >= 4 is 11.9 Å². The van der Waals surface area contributed by atoms with Crippen molar-refractivity contribution in [3.05, 3.63) is 35.4 Å². The molecule has 0 aliphatic heterocycles. The highest BCUT2D eigenvalue weighted by molar-refractivity contribution is 5.80. The molecular weight excluding hydrogens is 316 g/mol. The summed E-state index contributed by atoms with van der Waals surface area (Å²) in [4.78, 5) is 23.4. The highest BCUT2D eigenvalue weighted by atomic mass is 19.1. The molecule has 130 valence electrons. The van der Waals surface area contributed by atoms with Gasteiger partial charge in [-0.2, -0.15) is 0 Å². The molecule has 0 saturated heterocycles. The van der Waals surface area contributed by atoms with Crippen LogP contribution >= 0.6 is 0 Å². The summed E-state index contributed by atoms with van der Waals surface area (Å²) in [6.45, 7) is 0.308. The van der Waals surface area contributed by atoms with Crippen molar-refractivity contribution in [2.75, 3.05) is 6.54 Å². The van der Waals surface area contributed by atoms with Crippen LogP contribution in [-0.4, -0.2) is 23.5 Å². The molecule has 6 heteroatoms. The van der Waals surface area contributed by atoms with Crippen LogP contribution in [0.3, 0.4) is 0 Å². The molecule has 1 aromatic rings. The zero-order valence-electron chi connectivity index (χ0n) is 13.4. The van der Waals surface area contributed by atoms with Crippen LogP contribution in [0.2, 0.25) is 0 Å². The zero-order chi connectivity index (χ0) is 17.3. The number of hydrogen-bond acceptors (Lipinski definition) is 2. The van der Waals surface area contributed by atoms with Gasteiger partial charge in [0.2, 0.25) is 5.91 Å². The second-order valence-corrected chi connectivity index (χ2v) is 7.02. The van der Waals surface area contributed by atoms with Gasteiger partial charge in [-0.1, -0.05) is 12.5 Å². The molecule has 3 rings (SSSR count). The largest absolute Gasteiger partial charge is 0.481 e. The lowest BCUT2D eigenvalue weighted by molar-refractivity contribution is -0.144. The Morgan fingerprint density at radius 2 is 1.92 bits per heavy atom. The molecule has 2 saturated carbocycles. The standard InChI is InChI=1S/C18H21F2NO3/c19-13-4-5-14(15(20)9-13)18(6-7-18)10-21-16(22)11-2-1-3-12(8-11)17(23)24/h4-5,9,11-12H,1-3,6-8,10H2,(H,21,22)(H,23,24). The fraction of sp³-hybridized carbons (Fsp3) is 0.556. The molecule has 0 bridgehead atoms. The molecule has 24 heavy (non-hydrogen) atoms. The SMILES string of the molecule is O=C(O)C1CCCC(C(=O)NCC2(c3ccc(F)cc3F)CC2)C1. The number of carboxylic acids is 1. The van der Waals surface area contributed by atoms with E-state index in [1.54, 1.807) is 0 Å². The monoisotopic (exact) mass is 337 g/mol. The van der Waals surface area contributed by atoms with Gasteiger partial charge in [0.05, 0.1) is 5.92 Å². The van der Waals surface area contributed by atoms with Crippen molar-refractivity contribution in [2.24, 2.45) is 11.8 Å². The fourth-order valence-electron chi connectivity index (χ4n) is 3.66. The molecule has 0 aromatic heterocycles. The lowest BCUT2D eigenvalue weighted by Crippen LogP contribution is -2.39. The Bertz CT molecular complexity index is 658. The summed E-state index contributed by atoms with van der Waals surface area (Å²) in [5, 5.41) is 12.0. The number of amides is 1. The molecule has 2 aliphatic rings. The summed E-state index contributed by atoms with van der Waals surface area (Å²) in [5.74, 6) is -2.95. The van der Waals surface area contributed by atoms with Gasteiger partial charge in [-0.25, -0.2) is 8.78 Å². The number of carbonyl (C=O) groups is 2. The first-order chi connectivity index (χ1) is 11.4. The van der Waals surface area contributed by atoms with Crippen molar-refractivity contribution in [1.82, 2.24) is 5.32 Å². The number of aliphatic carboxylic acids is 1. The van der Waals surface area contributed by atoms with Crippen LogP contribution in [0.4, 0.5) is 8.78 Å². The Kier molecular flexibility index (Phi) is 4.56. The van der Waals surface area contributed by atoms with Gasteiger partial charge in [-0.15, -0.1) is 0 Å². The van der Waals surface area contributed by atoms with E-state index in [9.17, 15) is 18.4 Å². The second kappa shape index (κ2) is 6.49. The molecule has 2 unspecified atom stereocenters. The molecule has 4 nitrogen and oxygen atoms in total. The average molecular weight is 337 g/mol. The third-order valence-corrected chi connectivity index (χ3v) is 5.35. The molecule has 2 atom stereocenters. The van der Waals surface area contributed by atoms with E-state index in [0.29, 0.717) is 31.4 Å². The zero-order valence-corrected chi connectivity index (χ0v) is 13.4. The molecule has 1 amide bonds. The van der Waals surface area contributed by atoms with E-state index in [1.807, 2.05) is 0 Å². The van der Waals surface area contributed by atoms with Gasteiger partial charge in [0.1, 0.15) is 11.6 Å². The van der Waals surface area contributed by atoms with Gasteiger partial charge in [0, 0.05) is 23.9 Å². The van der Waals surface area contributed by atoms with Crippen LogP contribution in [0, 0.1) is 23.5 Å². The molecule has 2 N–H and O–H groups in total. The third kappa shape index (κ3) is 3.42. The minimum Gasteiger partial charge on any atom is -0.481 e. The van der Waals surface area contributed by atoms with E-state index in [2.05, 4.69) is 5.32 Å². The Morgan fingerprint density at radius 1 is 1.21 bits per heavy atom. The maximum atomic E-state index is 14.0. The van der Waals surface area contributed by atoms with Crippen LogP contribution in [0.5, 0.6) is 0 Å². The molecule has 2 aliphatic carbocycles. The Morgan fingerprint density at radius 3 is 2.54 bits per heavy atom. The number of rotatable bonds is 5. The number of halogens is 2. The van der Waals surface area contributed by atoms with Crippen molar-refractivity contribution in [1.29, 1.82) is 0 Å². The predicted octanol–water partition coefficient (Wildman–Crippen LogP) is 3.00. The van der Waals surface area contributed by atoms with Gasteiger partial charge in [0.15, 0.2) is 0 Å². The fourth-order valence-corrected chi connectivity index (χ4v) is 3.66. The lowest BCUT2D eigenvalue weighted by Gasteiger charge is -2.26. The van der Waals surface area contributed by atoms with Gasteiger partial charge < -0.3 is 10.4 Å². The summed E-state index contributed by atoms with van der Waals surface area (Å²) >= 11 is 0. The minimum absolute atomic E-state index is 0.158. The Labute approximate surface area is 139 Å². The van der Waals surface area contributed by atoms with Crippen LogP contribution in [-0.2, 0) is 15.0 Å². The van der Waals surface area contributed by atoms with Crippen LogP contribution in [0.25, 0.3) is 0 Å². The summed E-state index contributed by atoms with van der Waals surface area (Å²) < 4.78 is 27.0. The summed E-state index contributed by atoms with van der Waals surface area (Å²) in [6.07, 6.45) is 3.89. The van der Waals surface area contributed by atoms with E-state index < -0.39 is 28.9 Å². The highest BCUT2D eigenvalue weighted by Gasteiger charge is 2.46. The third-order valence-electron chi connectivity index (χ3n) is 5.35. The van der Waals surface area contributed by atoms with Gasteiger partial charge >= 0.3 is 5.97 Å². The number of hydrogen-bond donors (Lipinski definition) is 2. The normalized spacial score (nSPS) is 25.1. The smallest absolute Gasteiger partial charge is 0.306 e.